The summed E-state index contributed by atoms with van der Waals surface area (Å²) in [5, 5.41) is 23.1. The number of nitro groups is 1. The number of rotatable bonds is 4. The minimum Gasteiger partial charge on any atom is -0.382 e. The fourth-order valence-corrected chi connectivity index (χ4v) is 2.67. The molecule has 106 valence electrons. The van der Waals surface area contributed by atoms with Gasteiger partial charge < -0.3 is 10.2 Å². The van der Waals surface area contributed by atoms with Crippen molar-refractivity contribution in [2.24, 2.45) is 0 Å². The monoisotopic (exact) mass is 274 g/mol. The number of nitro benzene ring substituents is 1. The van der Waals surface area contributed by atoms with Crippen LogP contribution in [0.15, 0.2) is 18.2 Å². The lowest BCUT2D eigenvalue weighted by molar-refractivity contribution is -0.385. The van der Waals surface area contributed by atoms with Crippen LogP contribution in [0.2, 0.25) is 0 Å². The van der Waals surface area contributed by atoms with Gasteiger partial charge in [0, 0.05) is 23.8 Å². The third-order valence-electron chi connectivity index (χ3n) is 3.82. The summed E-state index contributed by atoms with van der Waals surface area (Å²) in [5.74, 6) is 0. The number of nitriles is 1. The summed E-state index contributed by atoms with van der Waals surface area (Å²) in [6.07, 6.45) is 3.26. The summed E-state index contributed by atoms with van der Waals surface area (Å²) in [6.45, 7) is 0. The Kier molecular flexibility index (Phi) is 4.20. The van der Waals surface area contributed by atoms with Crippen molar-refractivity contribution in [2.45, 2.75) is 31.3 Å². The molecule has 0 saturated heterocycles. The van der Waals surface area contributed by atoms with Gasteiger partial charge in [0.15, 0.2) is 0 Å². The lowest BCUT2D eigenvalue weighted by Crippen LogP contribution is -2.26. The van der Waals surface area contributed by atoms with Crippen molar-refractivity contribution >= 4 is 11.4 Å². The minimum atomic E-state index is -0.528. The highest BCUT2D eigenvalue weighted by Crippen LogP contribution is 2.27. The maximum Gasteiger partial charge on any atom is 0.287 e. The lowest BCUT2D eigenvalue weighted by Gasteiger charge is -2.19. The van der Waals surface area contributed by atoms with E-state index in [9.17, 15) is 10.1 Å². The second kappa shape index (κ2) is 5.88. The zero-order valence-electron chi connectivity index (χ0n) is 11.7. The van der Waals surface area contributed by atoms with Gasteiger partial charge >= 0.3 is 0 Å². The van der Waals surface area contributed by atoms with Gasteiger partial charge in [-0.15, -0.1) is 0 Å². The molecule has 0 amide bonds. The van der Waals surface area contributed by atoms with Crippen molar-refractivity contribution in [1.29, 1.82) is 5.26 Å². The Hall–Kier alpha value is -2.13. The maximum absolute atomic E-state index is 10.8. The third kappa shape index (κ3) is 3.06. The number of nitrogens with one attached hydrogen (secondary N) is 1. The molecular formula is C14H18N4O2. The highest BCUT2D eigenvalue weighted by Gasteiger charge is 2.26. The van der Waals surface area contributed by atoms with Crippen LogP contribution in [0.4, 0.5) is 11.4 Å². The molecule has 2 rings (SSSR count). The van der Waals surface area contributed by atoms with Crippen LogP contribution in [0.3, 0.4) is 0 Å². The van der Waals surface area contributed by atoms with Crippen LogP contribution < -0.4 is 5.32 Å². The number of benzene rings is 1. The van der Waals surface area contributed by atoms with E-state index in [0.29, 0.717) is 12.1 Å². The molecule has 6 nitrogen and oxygen atoms in total. The molecule has 2 atom stereocenters. The third-order valence-corrected chi connectivity index (χ3v) is 3.82. The molecule has 6 heteroatoms. The molecule has 1 fully saturated rings. The molecule has 0 aromatic heterocycles. The first-order valence-corrected chi connectivity index (χ1v) is 6.62. The van der Waals surface area contributed by atoms with Gasteiger partial charge in [-0.3, -0.25) is 10.1 Å². The van der Waals surface area contributed by atoms with Crippen molar-refractivity contribution < 1.29 is 4.92 Å². The van der Waals surface area contributed by atoms with Crippen LogP contribution in [0.1, 0.15) is 24.8 Å². The van der Waals surface area contributed by atoms with Gasteiger partial charge in [-0.1, -0.05) is 0 Å². The normalized spacial score (nSPS) is 21.7. The predicted octanol–water partition coefficient (Wildman–Crippen LogP) is 2.36. The summed E-state index contributed by atoms with van der Waals surface area (Å²) >= 11 is 0. The Bertz CT molecular complexity index is 551. The first-order chi connectivity index (χ1) is 9.51. The molecule has 0 bridgehead atoms. The number of hydrogen-bond acceptors (Lipinski definition) is 5. The van der Waals surface area contributed by atoms with E-state index in [4.69, 9.17) is 5.26 Å². The maximum atomic E-state index is 10.8. The summed E-state index contributed by atoms with van der Waals surface area (Å²) in [4.78, 5) is 12.5. The fraction of sp³-hybridized carbons (Fsp3) is 0.500. The molecule has 0 unspecified atom stereocenters. The Labute approximate surface area is 118 Å². The van der Waals surface area contributed by atoms with Gasteiger partial charge in [0.1, 0.15) is 11.6 Å². The number of nitrogens with zero attached hydrogens (tertiary/aromatic N) is 3. The van der Waals surface area contributed by atoms with Crippen LogP contribution in [-0.4, -0.2) is 36.0 Å². The summed E-state index contributed by atoms with van der Waals surface area (Å²) in [6, 6.07) is 7.42. The molecule has 0 aliphatic heterocycles. The van der Waals surface area contributed by atoms with E-state index in [-0.39, 0.29) is 11.3 Å². The SMILES string of the molecule is CN(C)[C@H]1CC[C@@H](Nc2ccc([N+](=O)[O-])c(C#N)c2)C1. The smallest absolute Gasteiger partial charge is 0.287 e. The highest BCUT2D eigenvalue weighted by molar-refractivity contribution is 5.59. The van der Waals surface area contributed by atoms with E-state index in [1.807, 2.05) is 6.07 Å². The first kappa shape index (κ1) is 14.3. The zero-order valence-corrected chi connectivity index (χ0v) is 11.7. The number of hydrogen-bond donors (Lipinski definition) is 1. The van der Waals surface area contributed by atoms with Crippen LogP contribution in [0.25, 0.3) is 0 Å². The van der Waals surface area contributed by atoms with E-state index in [0.717, 1.165) is 24.9 Å². The van der Waals surface area contributed by atoms with Crippen LogP contribution >= 0.6 is 0 Å². The van der Waals surface area contributed by atoms with Gasteiger partial charge in [0.2, 0.25) is 0 Å². The molecule has 0 radical (unpaired) electrons. The molecule has 1 saturated carbocycles. The first-order valence-electron chi connectivity index (χ1n) is 6.62. The van der Waals surface area contributed by atoms with Gasteiger partial charge in [-0.05, 0) is 45.5 Å². The summed E-state index contributed by atoms with van der Waals surface area (Å²) < 4.78 is 0. The van der Waals surface area contributed by atoms with E-state index >= 15 is 0 Å². The van der Waals surface area contributed by atoms with Gasteiger partial charge in [0.25, 0.3) is 5.69 Å². The Morgan fingerprint density at radius 3 is 2.75 bits per heavy atom. The van der Waals surface area contributed by atoms with Crippen molar-refractivity contribution in [1.82, 2.24) is 4.90 Å². The molecule has 1 N–H and O–H groups in total. The molecule has 0 spiro atoms. The van der Waals surface area contributed by atoms with Gasteiger partial charge in [0.05, 0.1) is 4.92 Å². The topological polar surface area (TPSA) is 82.2 Å². The average molecular weight is 274 g/mol. The van der Waals surface area contributed by atoms with E-state index in [1.54, 1.807) is 12.1 Å². The zero-order chi connectivity index (χ0) is 14.7. The largest absolute Gasteiger partial charge is 0.382 e. The molecule has 20 heavy (non-hydrogen) atoms. The van der Waals surface area contributed by atoms with Crippen molar-refractivity contribution in [3.8, 4) is 6.07 Å². The second-order valence-electron chi connectivity index (χ2n) is 5.37. The van der Waals surface area contributed by atoms with Crippen molar-refractivity contribution in [3.05, 3.63) is 33.9 Å². The molecule has 1 aromatic rings. The fourth-order valence-electron chi connectivity index (χ4n) is 2.67. The van der Waals surface area contributed by atoms with Gasteiger partial charge in [-0.2, -0.15) is 5.26 Å². The summed E-state index contributed by atoms with van der Waals surface area (Å²) in [5.41, 5.74) is 0.731. The van der Waals surface area contributed by atoms with Crippen molar-refractivity contribution in [2.75, 3.05) is 19.4 Å². The Balaban J connectivity index is 2.08. The van der Waals surface area contributed by atoms with Gasteiger partial charge in [-0.25, -0.2) is 0 Å². The van der Waals surface area contributed by atoms with Crippen LogP contribution in [-0.2, 0) is 0 Å². The minimum absolute atomic E-state index is 0.0992. The molecular weight excluding hydrogens is 256 g/mol. The van der Waals surface area contributed by atoms with E-state index < -0.39 is 4.92 Å². The Morgan fingerprint density at radius 1 is 1.45 bits per heavy atom. The average Bonchev–Trinajstić information content (AvgIpc) is 2.87. The Morgan fingerprint density at radius 2 is 2.20 bits per heavy atom. The molecule has 0 heterocycles. The number of anilines is 1. The van der Waals surface area contributed by atoms with E-state index in [1.165, 1.54) is 6.07 Å². The van der Waals surface area contributed by atoms with Crippen LogP contribution in [0.5, 0.6) is 0 Å². The van der Waals surface area contributed by atoms with Crippen molar-refractivity contribution in [3.63, 3.8) is 0 Å². The second-order valence-corrected chi connectivity index (χ2v) is 5.37. The van der Waals surface area contributed by atoms with Crippen LogP contribution in [0, 0.1) is 21.4 Å². The quantitative estimate of drug-likeness (QED) is 0.673. The highest BCUT2D eigenvalue weighted by atomic mass is 16.6. The predicted molar refractivity (Wildman–Crippen MR) is 76.5 cm³/mol. The lowest BCUT2D eigenvalue weighted by atomic mass is 10.1. The molecule has 1 aromatic carbocycles. The summed E-state index contributed by atoms with van der Waals surface area (Å²) in [7, 11) is 4.15. The molecule has 1 aliphatic rings. The standard InChI is InChI=1S/C14H18N4O2/c1-17(2)13-5-3-12(8-13)16-11-4-6-14(18(19)20)10(7-11)9-15/h4,6-7,12-13,16H,3,5,8H2,1-2H3/t12-,13+/m1/s1. The van der Waals surface area contributed by atoms with E-state index in [2.05, 4.69) is 24.3 Å². The molecule has 1 aliphatic carbocycles.